The van der Waals surface area contributed by atoms with E-state index in [-0.39, 0.29) is 23.6 Å². The average Bonchev–Trinajstić information content (AvgIpc) is 3.53. The lowest BCUT2D eigenvalue weighted by Gasteiger charge is -2.15. The molecule has 0 aromatic heterocycles. The van der Waals surface area contributed by atoms with Gasteiger partial charge in [-0.15, -0.1) is 0 Å². The van der Waals surface area contributed by atoms with Crippen molar-refractivity contribution in [2.75, 3.05) is 9.80 Å². The molecule has 0 N–H and O–H groups in total. The van der Waals surface area contributed by atoms with Crippen molar-refractivity contribution in [1.82, 2.24) is 0 Å². The highest BCUT2D eigenvalue weighted by molar-refractivity contribution is 6.28. The lowest BCUT2D eigenvalue weighted by Crippen LogP contribution is -2.29. The summed E-state index contributed by atoms with van der Waals surface area (Å²) >= 11 is 0. The topological polar surface area (TPSA) is 93.2 Å². The number of benzene rings is 4. The van der Waals surface area contributed by atoms with E-state index < -0.39 is 0 Å². The monoisotopic (exact) mass is 570 g/mol. The molecule has 0 saturated heterocycles. The van der Waals surface area contributed by atoms with Crippen LogP contribution < -0.4 is 19.3 Å². The van der Waals surface area contributed by atoms with Gasteiger partial charge in [0.05, 0.1) is 11.4 Å². The van der Waals surface area contributed by atoms with Crippen LogP contribution in [0.1, 0.15) is 17.5 Å². The van der Waals surface area contributed by atoms with E-state index in [1.807, 2.05) is 48.5 Å². The summed E-state index contributed by atoms with van der Waals surface area (Å²) in [5.74, 6) is 0.917. The predicted molar refractivity (Wildman–Crippen MR) is 161 cm³/mol. The number of aryl methyl sites for hydroxylation is 2. The zero-order valence-electron chi connectivity index (χ0n) is 23.0. The zero-order chi connectivity index (χ0) is 29.8. The van der Waals surface area contributed by atoms with Gasteiger partial charge in [0, 0.05) is 36.4 Å². The fourth-order valence-electron chi connectivity index (χ4n) is 4.90. The smallest absolute Gasteiger partial charge is 0.258 e. The molecule has 2 heterocycles. The van der Waals surface area contributed by atoms with Crippen LogP contribution in [0.2, 0.25) is 0 Å². The highest BCUT2D eigenvalue weighted by Crippen LogP contribution is 2.29. The first-order chi connectivity index (χ1) is 20.9. The van der Waals surface area contributed by atoms with E-state index in [9.17, 15) is 19.2 Å². The Labute approximate surface area is 248 Å². The third kappa shape index (κ3) is 6.28. The molecule has 4 aromatic carbocycles. The van der Waals surface area contributed by atoms with E-state index in [0.29, 0.717) is 34.4 Å². The van der Waals surface area contributed by atoms with Crippen LogP contribution in [0.5, 0.6) is 23.0 Å². The average molecular weight is 571 g/mol. The first-order valence-electron chi connectivity index (χ1n) is 13.8. The normalized spacial score (nSPS) is 14.2. The van der Waals surface area contributed by atoms with Gasteiger partial charge >= 0.3 is 0 Å². The Morgan fingerprint density at radius 2 is 0.814 bits per heavy atom. The van der Waals surface area contributed by atoms with Crippen molar-refractivity contribution < 1.29 is 28.7 Å². The van der Waals surface area contributed by atoms with E-state index in [0.717, 1.165) is 29.1 Å². The molecule has 0 bridgehead atoms. The maximum Gasteiger partial charge on any atom is 0.258 e. The highest BCUT2D eigenvalue weighted by Gasteiger charge is 2.26. The number of hydrogen-bond acceptors (Lipinski definition) is 6. The van der Waals surface area contributed by atoms with Crippen LogP contribution in [0.25, 0.3) is 0 Å². The first-order valence-corrected chi connectivity index (χ1v) is 13.8. The molecule has 2 aliphatic heterocycles. The number of nitrogens with zero attached hydrogens (tertiary/aromatic N) is 2. The van der Waals surface area contributed by atoms with Gasteiger partial charge in [0.1, 0.15) is 23.0 Å². The summed E-state index contributed by atoms with van der Waals surface area (Å²) in [5, 5.41) is 0. The van der Waals surface area contributed by atoms with Crippen LogP contribution in [0.15, 0.2) is 121 Å². The van der Waals surface area contributed by atoms with Crippen molar-refractivity contribution in [2.24, 2.45) is 0 Å². The molecule has 0 radical (unpaired) electrons. The van der Waals surface area contributed by atoms with Gasteiger partial charge in [-0.1, -0.05) is 36.4 Å². The van der Waals surface area contributed by atoms with E-state index >= 15 is 0 Å². The van der Waals surface area contributed by atoms with Gasteiger partial charge in [0.2, 0.25) is 0 Å². The van der Waals surface area contributed by atoms with E-state index in [1.165, 1.54) is 35.4 Å². The summed E-state index contributed by atoms with van der Waals surface area (Å²) < 4.78 is 11.9. The van der Waals surface area contributed by atoms with Gasteiger partial charge in [-0.3, -0.25) is 19.2 Å². The molecular formula is C35H26N2O6. The molecule has 212 valence electrons. The SMILES string of the molecule is O=C1C=CC(=O)N1c1cccc(Oc2ccc(CCCc3ccc(Oc4cccc(N5C(=O)C=CC5=O)c4)cc3)cc2)c1. The van der Waals surface area contributed by atoms with Crippen molar-refractivity contribution in [2.45, 2.75) is 19.3 Å². The summed E-state index contributed by atoms with van der Waals surface area (Å²) in [7, 11) is 0. The fraction of sp³-hybridized carbons (Fsp3) is 0.0857. The second kappa shape index (κ2) is 12.0. The minimum Gasteiger partial charge on any atom is -0.457 e. The molecule has 43 heavy (non-hydrogen) atoms. The highest BCUT2D eigenvalue weighted by atomic mass is 16.5. The first kappa shape index (κ1) is 27.4. The molecule has 8 nitrogen and oxygen atoms in total. The number of rotatable bonds is 10. The number of amides is 4. The predicted octanol–water partition coefficient (Wildman–Crippen LogP) is 6.31. The Morgan fingerprint density at radius 1 is 0.442 bits per heavy atom. The van der Waals surface area contributed by atoms with Crippen LogP contribution in [-0.4, -0.2) is 23.6 Å². The molecule has 0 fully saturated rings. The number of imide groups is 2. The zero-order valence-corrected chi connectivity index (χ0v) is 23.0. The molecular weight excluding hydrogens is 544 g/mol. The van der Waals surface area contributed by atoms with Gasteiger partial charge in [0.25, 0.3) is 23.6 Å². The van der Waals surface area contributed by atoms with Gasteiger partial charge < -0.3 is 9.47 Å². The maximum atomic E-state index is 12.0. The van der Waals surface area contributed by atoms with Gasteiger partial charge in [-0.05, 0) is 78.9 Å². The van der Waals surface area contributed by atoms with Gasteiger partial charge in [0.15, 0.2) is 0 Å². The molecule has 0 atom stereocenters. The Balaban J connectivity index is 0.988. The summed E-state index contributed by atoms with van der Waals surface area (Å²) in [6.45, 7) is 0. The summed E-state index contributed by atoms with van der Waals surface area (Å²) in [5.41, 5.74) is 3.30. The fourth-order valence-corrected chi connectivity index (χ4v) is 4.90. The second-order valence-corrected chi connectivity index (χ2v) is 10.0. The van der Waals surface area contributed by atoms with Crippen molar-refractivity contribution in [1.29, 1.82) is 0 Å². The van der Waals surface area contributed by atoms with E-state index in [4.69, 9.17) is 9.47 Å². The Bertz CT molecular complexity index is 1610. The molecule has 0 unspecified atom stereocenters. The number of carbonyl (C=O) groups excluding carboxylic acids is 4. The third-order valence-electron chi connectivity index (χ3n) is 7.02. The Kier molecular flexibility index (Phi) is 7.65. The van der Waals surface area contributed by atoms with E-state index in [1.54, 1.807) is 48.5 Å². The van der Waals surface area contributed by atoms with Crippen molar-refractivity contribution in [3.63, 3.8) is 0 Å². The quantitative estimate of drug-likeness (QED) is 0.208. The van der Waals surface area contributed by atoms with Crippen LogP contribution in [-0.2, 0) is 32.0 Å². The number of anilines is 2. The molecule has 4 aromatic rings. The third-order valence-corrected chi connectivity index (χ3v) is 7.02. The molecule has 0 spiro atoms. The van der Waals surface area contributed by atoms with Crippen LogP contribution >= 0.6 is 0 Å². The molecule has 0 saturated carbocycles. The summed E-state index contributed by atoms with van der Waals surface area (Å²) in [6.07, 6.45) is 7.77. The Hall–Kier alpha value is -5.76. The van der Waals surface area contributed by atoms with Crippen LogP contribution in [0.4, 0.5) is 11.4 Å². The van der Waals surface area contributed by atoms with Gasteiger partial charge in [-0.2, -0.15) is 0 Å². The van der Waals surface area contributed by atoms with Gasteiger partial charge in [-0.25, -0.2) is 9.80 Å². The number of hydrogen-bond donors (Lipinski definition) is 0. The maximum absolute atomic E-state index is 12.0. The van der Waals surface area contributed by atoms with Crippen molar-refractivity contribution in [3.8, 4) is 23.0 Å². The minimum absolute atomic E-state index is 0.369. The number of carbonyl (C=O) groups is 4. The Morgan fingerprint density at radius 3 is 1.19 bits per heavy atom. The van der Waals surface area contributed by atoms with Crippen LogP contribution in [0, 0.1) is 0 Å². The number of ether oxygens (including phenoxy) is 2. The largest absolute Gasteiger partial charge is 0.457 e. The molecule has 2 aliphatic rings. The summed E-state index contributed by atoms with van der Waals surface area (Å²) in [6, 6.07) is 29.5. The standard InChI is InChI=1S/C35H26N2O6/c38-32-18-19-33(39)36(32)26-6-2-8-30(22-26)42-28-14-10-24(11-15-28)4-1-5-25-12-16-29(17-13-25)43-31-9-3-7-27(23-31)37-34(40)20-21-35(37)41/h2-3,6-23H,1,4-5H2. The lowest BCUT2D eigenvalue weighted by atomic mass is 10.0. The van der Waals surface area contributed by atoms with E-state index in [2.05, 4.69) is 0 Å². The molecule has 8 heteroatoms. The van der Waals surface area contributed by atoms with Crippen LogP contribution in [0.3, 0.4) is 0 Å². The molecule has 6 rings (SSSR count). The van der Waals surface area contributed by atoms with Crippen molar-refractivity contribution in [3.05, 3.63) is 132 Å². The second-order valence-electron chi connectivity index (χ2n) is 10.0. The van der Waals surface area contributed by atoms with Crippen molar-refractivity contribution >= 4 is 35.0 Å². The lowest BCUT2D eigenvalue weighted by molar-refractivity contribution is -0.121. The minimum atomic E-state index is -0.369. The molecule has 0 aliphatic carbocycles. The molecule has 4 amide bonds. The summed E-state index contributed by atoms with van der Waals surface area (Å²) in [4.78, 5) is 50.1.